The number of halogens is 1. The first-order valence-electron chi connectivity index (χ1n) is 5.98. The number of rotatable bonds is 4. The Morgan fingerprint density at radius 1 is 1.42 bits per heavy atom. The molecule has 0 saturated carbocycles. The molecule has 0 saturated heterocycles. The summed E-state index contributed by atoms with van der Waals surface area (Å²) >= 11 is 7.87. The minimum atomic E-state index is 0.138. The van der Waals surface area contributed by atoms with Gasteiger partial charge in [0.15, 0.2) is 0 Å². The van der Waals surface area contributed by atoms with Crippen LogP contribution >= 0.6 is 22.9 Å². The lowest BCUT2D eigenvalue weighted by Gasteiger charge is -2.22. The number of thiophene rings is 1. The molecule has 0 spiro atoms. The Hall–Kier alpha value is -1.57. The molecule has 1 N–H and O–H groups in total. The number of nitriles is 1. The first kappa shape index (κ1) is 13.9. The Bertz CT molecular complexity index is 587. The van der Waals surface area contributed by atoms with Crippen LogP contribution in [0.2, 0.25) is 5.02 Å². The van der Waals surface area contributed by atoms with Crippen molar-refractivity contribution in [2.75, 3.05) is 5.32 Å². The molecule has 2 aromatic rings. The quantitative estimate of drug-likeness (QED) is 0.903. The van der Waals surface area contributed by atoms with E-state index in [2.05, 4.69) is 36.3 Å². The molecular weight excluding hydrogens is 278 g/mol. The van der Waals surface area contributed by atoms with Gasteiger partial charge in [-0.25, -0.2) is 4.98 Å². The van der Waals surface area contributed by atoms with Crippen molar-refractivity contribution in [3.63, 3.8) is 0 Å². The van der Waals surface area contributed by atoms with E-state index in [1.807, 2.05) is 11.4 Å². The lowest BCUT2D eigenvalue weighted by Crippen LogP contribution is -2.16. The molecule has 0 bridgehead atoms. The van der Waals surface area contributed by atoms with Crippen LogP contribution in [0.25, 0.3) is 0 Å². The number of anilines is 1. The summed E-state index contributed by atoms with van der Waals surface area (Å²) in [6.45, 7) is 4.28. The van der Waals surface area contributed by atoms with Crippen LogP contribution < -0.4 is 5.32 Å². The SMILES string of the molecule is CC(C)C(Nc1nccc(C#N)c1Cl)c1cccs1. The second-order valence-corrected chi connectivity index (χ2v) is 5.87. The first-order valence-corrected chi connectivity index (χ1v) is 7.23. The molecule has 2 aromatic heterocycles. The maximum absolute atomic E-state index is 8.98. The molecule has 1 unspecified atom stereocenters. The average Bonchev–Trinajstić information content (AvgIpc) is 2.90. The summed E-state index contributed by atoms with van der Waals surface area (Å²) in [6.07, 6.45) is 1.60. The number of hydrogen-bond donors (Lipinski definition) is 1. The molecule has 98 valence electrons. The summed E-state index contributed by atoms with van der Waals surface area (Å²) < 4.78 is 0. The van der Waals surface area contributed by atoms with Gasteiger partial charge in [-0.2, -0.15) is 5.26 Å². The molecule has 0 fully saturated rings. The van der Waals surface area contributed by atoms with Crippen molar-refractivity contribution >= 4 is 28.8 Å². The van der Waals surface area contributed by atoms with Crippen molar-refractivity contribution in [1.29, 1.82) is 5.26 Å². The molecule has 3 nitrogen and oxygen atoms in total. The average molecular weight is 292 g/mol. The number of nitrogens with zero attached hydrogens (tertiary/aromatic N) is 2. The predicted molar refractivity (Wildman–Crippen MR) is 79.5 cm³/mol. The van der Waals surface area contributed by atoms with Crippen LogP contribution in [-0.4, -0.2) is 4.98 Å². The highest BCUT2D eigenvalue weighted by atomic mass is 35.5. The van der Waals surface area contributed by atoms with Crippen LogP contribution in [0.15, 0.2) is 29.8 Å². The Kier molecular flexibility index (Phi) is 4.41. The maximum atomic E-state index is 8.98. The van der Waals surface area contributed by atoms with Gasteiger partial charge >= 0.3 is 0 Å². The normalized spacial score (nSPS) is 12.2. The Morgan fingerprint density at radius 2 is 2.21 bits per heavy atom. The Balaban J connectivity index is 2.31. The molecule has 0 radical (unpaired) electrons. The van der Waals surface area contributed by atoms with Crippen LogP contribution in [0.4, 0.5) is 5.82 Å². The zero-order valence-corrected chi connectivity index (χ0v) is 12.3. The number of nitrogens with one attached hydrogen (secondary N) is 1. The van der Waals surface area contributed by atoms with Crippen molar-refractivity contribution in [3.05, 3.63) is 45.2 Å². The van der Waals surface area contributed by atoms with E-state index in [-0.39, 0.29) is 6.04 Å². The summed E-state index contributed by atoms with van der Waals surface area (Å²) in [5, 5.41) is 14.8. The number of pyridine rings is 1. The van der Waals surface area contributed by atoms with E-state index in [1.54, 1.807) is 23.6 Å². The summed E-state index contributed by atoms with van der Waals surface area (Å²) in [6, 6.07) is 7.93. The lowest BCUT2D eigenvalue weighted by molar-refractivity contribution is 0.552. The highest BCUT2D eigenvalue weighted by Gasteiger charge is 2.19. The minimum absolute atomic E-state index is 0.138. The molecule has 5 heteroatoms. The highest BCUT2D eigenvalue weighted by Crippen LogP contribution is 2.32. The Morgan fingerprint density at radius 3 is 2.79 bits per heavy atom. The van der Waals surface area contributed by atoms with Crippen molar-refractivity contribution in [1.82, 2.24) is 4.98 Å². The molecule has 2 heterocycles. The van der Waals surface area contributed by atoms with Gasteiger partial charge in [-0.3, -0.25) is 0 Å². The molecule has 1 atom stereocenters. The summed E-state index contributed by atoms with van der Waals surface area (Å²) in [7, 11) is 0. The van der Waals surface area contributed by atoms with Gasteiger partial charge in [0.25, 0.3) is 0 Å². The number of hydrogen-bond acceptors (Lipinski definition) is 4. The van der Waals surface area contributed by atoms with E-state index < -0.39 is 0 Å². The molecule has 0 aromatic carbocycles. The Labute approximate surface area is 121 Å². The summed E-state index contributed by atoms with van der Waals surface area (Å²) in [5.74, 6) is 0.954. The minimum Gasteiger partial charge on any atom is -0.361 e. The second-order valence-electron chi connectivity index (χ2n) is 4.51. The maximum Gasteiger partial charge on any atom is 0.146 e. The zero-order valence-electron chi connectivity index (χ0n) is 10.7. The van der Waals surface area contributed by atoms with Gasteiger partial charge in [0.2, 0.25) is 0 Å². The zero-order chi connectivity index (χ0) is 13.8. The van der Waals surface area contributed by atoms with E-state index in [4.69, 9.17) is 16.9 Å². The van der Waals surface area contributed by atoms with E-state index in [9.17, 15) is 0 Å². The molecule has 0 aliphatic heterocycles. The van der Waals surface area contributed by atoms with Gasteiger partial charge in [0.1, 0.15) is 16.9 Å². The fourth-order valence-corrected chi connectivity index (χ4v) is 2.97. The molecule has 19 heavy (non-hydrogen) atoms. The van der Waals surface area contributed by atoms with E-state index in [0.29, 0.717) is 22.3 Å². The third-order valence-corrected chi connectivity index (χ3v) is 4.16. The summed E-state index contributed by atoms with van der Waals surface area (Å²) in [4.78, 5) is 5.46. The fourth-order valence-electron chi connectivity index (χ4n) is 1.81. The lowest BCUT2D eigenvalue weighted by atomic mass is 10.0. The molecule has 0 aliphatic carbocycles. The molecule has 2 rings (SSSR count). The van der Waals surface area contributed by atoms with Crippen molar-refractivity contribution in [2.45, 2.75) is 19.9 Å². The first-order chi connectivity index (χ1) is 9.13. The largest absolute Gasteiger partial charge is 0.361 e. The summed E-state index contributed by atoms with van der Waals surface area (Å²) in [5.41, 5.74) is 0.438. The number of aromatic nitrogens is 1. The highest BCUT2D eigenvalue weighted by molar-refractivity contribution is 7.10. The monoisotopic (exact) mass is 291 g/mol. The standard InChI is InChI=1S/C14H14ClN3S/c1-9(2)13(11-4-3-7-19-11)18-14-12(15)10(8-16)5-6-17-14/h3-7,9,13H,1-2H3,(H,17,18). The second kappa shape index (κ2) is 6.05. The molecule has 0 aliphatic rings. The van der Waals surface area contributed by atoms with Gasteiger partial charge in [-0.05, 0) is 23.4 Å². The van der Waals surface area contributed by atoms with Crippen molar-refractivity contribution in [2.24, 2.45) is 5.92 Å². The van der Waals surface area contributed by atoms with Crippen LogP contribution in [0, 0.1) is 17.2 Å². The third-order valence-electron chi connectivity index (χ3n) is 2.82. The van der Waals surface area contributed by atoms with Crippen LogP contribution in [-0.2, 0) is 0 Å². The van der Waals surface area contributed by atoms with Crippen LogP contribution in [0.1, 0.15) is 30.3 Å². The topological polar surface area (TPSA) is 48.7 Å². The van der Waals surface area contributed by atoms with Gasteiger partial charge in [-0.1, -0.05) is 31.5 Å². The van der Waals surface area contributed by atoms with E-state index >= 15 is 0 Å². The van der Waals surface area contributed by atoms with Crippen molar-refractivity contribution in [3.8, 4) is 6.07 Å². The molecular formula is C14H14ClN3S. The van der Waals surface area contributed by atoms with Crippen LogP contribution in [0.5, 0.6) is 0 Å². The predicted octanol–water partition coefficient (Wildman–Crippen LogP) is 4.48. The van der Waals surface area contributed by atoms with Crippen molar-refractivity contribution < 1.29 is 0 Å². The fraction of sp³-hybridized carbons (Fsp3) is 0.286. The third kappa shape index (κ3) is 3.06. The van der Waals surface area contributed by atoms with Gasteiger partial charge in [0, 0.05) is 11.1 Å². The van der Waals surface area contributed by atoms with Gasteiger partial charge in [0.05, 0.1) is 11.6 Å². The van der Waals surface area contributed by atoms with E-state index in [1.165, 1.54) is 4.88 Å². The van der Waals surface area contributed by atoms with Crippen LogP contribution in [0.3, 0.4) is 0 Å². The van der Waals surface area contributed by atoms with E-state index in [0.717, 1.165) is 0 Å². The smallest absolute Gasteiger partial charge is 0.146 e. The van der Waals surface area contributed by atoms with Gasteiger partial charge in [-0.15, -0.1) is 11.3 Å². The molecule has 0 amide bonds. The van der Waals surface area contributed by atoms with Gasteiger partial charge < -0.3 is 5.32 Å².